The summed E-state index contributed by atoms with van der Waals surface area (Å²) in [6, 6.07) is 25.4. The van der Waals surface area contributed by atoms with E-state index < -0.39 is 0 Å². The zero-order chi connectivity index (χ0) is 16.6. The Labute approximate surface area is 147 Å². The first kappa shape index (κ1) is 14.4. The monoisotopic (exact) mass is 322 g/mol. The summed E-state index contributed by atoms with van der Waals surface area (Å²) in [6.07, 6.45) is 3.58. The molecule has 0 N–H and O–H groups in total. The average Bonchev–Trinajstić information content (AvgIpc) is 3.14. The quantitative estimate of drug-likeness (QED) is 0.490. The highest BCUT2D eigenvalue weighted by Gasteiger charge is 2.18. The molecule has 0 radical (unpaired) electrons. The number of aromatic nitrogens is 2. The first-order chi connectivity index (χ1) is 12.4. The molecule has 0 unspecified atom stereocenters. The van der Waals surface area contributed by atoms with Gasteiger partial charge in [0.1, 0.15) is 11.4 Å². The average molecular weight is 322 g/mol. The fourth-order valence-electron chi connectivity index (χ4n) is 3.84. The van der Waals surface area contributed by atoms with Crippen molar-refractivity contribution in [2.45, 2.75) is 19.3 Å². The topological polar surface area (TPSA) is 25.8 Å². The third-order valence-electron chi connectivity index (χ3n) is 5.09. The fourth-order valence-corrected chi connectivity index (χ4v) is 3.84. The molecule has 0 atom stereocenters. The van der Waals surface area contributed by atoms with Crippen LogP contribution in [0.25, 0.3) is 33.3 Å². The molecule has 0 saturated carbocycles. The van der Waals surface area contributed by atoms with Crippen LogP contribution in [0.5, 0.6) is 0 Å². The Morgan fingerprint density at radius 1 is 0.560 bits per heavy atom. The van der Waals surface area contributed by atoms with Crippen LogP contribution in [-0.2, 0) is 12.8 Å². The predicted octanol–water partition coefficient (Wildman–Crippen LogP) is 5.45. The Morgan fingerprint density at radius 3 is 1.44 bits per heavy atom. The van der Waals surface area contributed by atoms with Gasteiger partial charge in [-0.3, -0.25) is 0 Å². The van der Waals surface area contributed by atoms with Crippen LogP contribution in [-0.4, -0.2) is 10.2 Å². The van der Waals surface area contributed by atoms with Gasteiger partial charge in [-0.15, -0.1) is 10.2 Å². The van der Waals surface area contributed by atoms with Crippen LogP contribution in [0.2, 0.25) is 0 Å². The molecule has 120 valence electrons. The molecule has 2 heteroatoms. The van der Waals surface area contributed by atoms with Crippen molar-refractivity contribution in [2.75, 3.05) is 0 Å². The first-order valence-corrected chi connectivity index (χ1v) is 8.83. The molecular weight excluding hydrogens is 304 g/mol. The van der Waals surface area contributed by atoms with Crippen molar-refractivity contribution >= 4 is 10.8 Å². The lowest BCUT2D eigenvalue weighted by molar-refractivity contribution is 0.912. The van der Waals surface area contributed by atoms with E-state index in [2.05, 4.69) is 70.9 Å². The van der Waals surface area contributed by atoms with E-state index in [1.165, 1.54) is 41.2 Å². The minimum Gasteiger partial charge on any atom is -0.149 e. The molecule has 0 aliphatic heterocycles. The van der Waals surface area contributed by atoms with Crippen LogP contribution in [0.3, 0.4) is 0 Å². The highest BCUT2D eigenvalue weighted by Crippen LogP contribution is 2.36. The van der Waals surface area contributed by atoms with Crippen LogP contribution in [0.15, 0.2) is 72.8 Å². The van der Waals surface area contributed by atoms with Gasteiger partial charge in [0.2, 0.25) is 0 Å². The lowest BCUT2D eigenvalue weighted by Gasteiger charge is -2.12. The molecule has 5 rings (SSSR count). The molecule has 0 amide bonds. The minimum atomic E-state index is 0.977. The van der Waals surface area contributed by atoms with Gasteiger partial charge in [-0.25, -0.2) is 0 Å². The number of hydrogen-bond acceptors (Lipinski definition) is 2. The largest absolute Gasteiger partial charge is 0.149 e. The summed E-state index contributed by atoms with van der Waals surface area (Å²) >= 11 is 0. The van der Waals surface area contributed by atoms with Gasteiger partial charge in [-0.1, -0.05) is 60.7 Å². The van der Waals surface area contributed by atoms with Crippen molar-refractivity contribution in [3.05, 3.63) is 83.9 Å². The molecule has 0 spiro atoms. The van der Waals surface area contributed by atoms with Crippen molar-refractivity contribution in [3.63, 3.8) is 0 Å². The molecule has 1 heterocycles. The number of hydrogen-bond donors (Lipinski definition) is 0. The second-order valence-corrected chi connectivity index (χ2v) is 6.65. The number of benzene rings is 3. The Kier molecular flexibility index (Phi) is 3.34. The van der Waals surface area contributed by atoms with Gasteiger partial charge in [0.25, 0.3) is 0 Å². The second kappa shape index (κ2) is 5.82. The van der Waals surface area contributed by atoms with Crippen molar-refractivity contribution in [2.24, 2.45) is 0 Å². The Balaban J connectivity index is 1.84. The molecule has 1 aromatic heterocycles. The van der Waals surface area contributed by atoms with Gasteiger partial charge in [0.05, 0.1) is 0 Å². The third kappa shape index (κ3) is 2.42. The summed E-state index contributed by atoms with van der Waals surface area (Å²) in [6.45, 7) is 0. The Bertz CT molecular complexity index is 968. The maximum atomic E-state index is 4.63. The normalized spacial score (nSPS) is 13.1. The summed E-state index contributed by atoms with van der Waals surface area (Å²) < 4.78 is 0. The SMILES string of the molecule is c1ccc(-c2nnc(-c3ccccc3)c3cc4c(cc23)CCC4)cc1. The molecule has 1 aliphatic rings. The summed E-state index contributed by atoms with van der Waals surface area (Å²) in [5.41, 5.74) is 7.14. The Morgan fingerprint density at radius 2 is 1.00 bits per heavy atom. The van der Waals surface area contributed by atoms with Crippen LogP contribution in [0.1, 0.15) is 17.5 Å². The lowest BCUT2D eigenvalue weighted by atomic mass is 9.96. The van der Waals surface area contributed by atoms with E-state index in [1.807, 2.05) is 12.1 Å². The lowest BCUT2D eigenvalue weighted by Crippen LogP contribution is -1.96. The van der Waals surface area contributed by atoms with Crippen molar-refractivity contribution in [3.8, 4) is 22.5 Å². The van der Waals surface area contributed by atoms with Crippen molar-refractivity contribution in [1.29, 1.82) is 0 Å². The molecule has 25 heavy (non-hydrogen) atoms. The number of rotatable bonds is 2. The summed E-state index contributed by atoms with van der Waals surface area (Å²) in [4.78, 5) is 0. The smallest absolute Gasteiger partial charge is 0.101 e. The Hall–Kier alpha value is -3.00. The molecule has 4 aromatic rings. The van der Waals surface area contributed by atoms with Gasteiger partial charge < -0.3 is 0 Å². The van der Waals surface area contributed by atoms with E-state index in [1.54, 1.807) is 0 Å². The minimum absolute atomic E-state index is 0.977. The first-order valence-electron chi connectivity index (χ1n) is 8.83. The maximum Gasteiger partial charge on any atom is 0.101 e. The van der Waals surface area contributed by atoms with E-state index in [4.69, 9.17) is 0 Å². The summed E-state index contributed by atoms with van der Waals surface area (Å²) in [5.74, 6) is 0. The predicted molar refractivity (Wildman–Crippen MR) is 102 cm³/mol. The van der Waals surface area contributed by atoms with Gasteiger partial charge in [-0.2, -0.15) is 0 Å². The maximum absolute atomic E-state index is 4.63. The van der Waals surface area contributed by atoms with Gasteiger partial charge in [0, 0.05) is 21.9 Å². The summed E-state index contributed by atoms with van der Waals surface area (Å²) in [7, 11) is 0. The third-order valence-corrected chi connectivity index (χ3v) is 5.09. The molecular formula is C23H18N2. The molecule has 0 bridgehead atoms. The van der Waals surface area contributed by atoms with Crippen LogP contribution < -0.4 is 0 Å². The van der Waals surface area contributed by atoms with Gasteiger partial charge in [-0.05, 0) is 42.5 Å². The van der Waals surface area contributed by atoms with Crippen molar-refractivity contribution < 1.29 is 0 Å². The molecule has 3 aromatic carbocycles. The molecule has 0 fully saturated rings. The molecule has 2 nitrogen and oxygen atoms in total. The van der Waals surface area contributed by atoms with Crippen molar-refractivity contribution in [1.82, 2.24) is 10.2 Å². The van der Waals surface area contributed by atoms with E-state index in [0.29, 0.717) is 0 Å². The number of fused-ring (bicyclic) bond motifs is 2. The van der Waals surface area contributed by atoms with Crippen LogP contribution >= 0.6 is 0 Å². The van der Waals surface area contributed by atoms with E-state index >= 15 is 0 Å². The highest BCUT2D eigenvalue weighted by molar-refractivity contribution is 6.02. The summed E-state index contributed by atoms with van der Waals surface area (Å²) in [5, 5.41) is 11.7. The number of aryl methyl sites for hydroxylation is 2. The van der Waals surface area contributed by atoms with E-state index in [9.17, 15) is 0 Å². The second-order valence-electron chi connectivity index (χ2n) is 6.65. The van der Waals surface area contributed by atoms with E-state index in [0.717, 1.165) is 22.5 Å². The molecule has 1 aliphatic carbocycles. The zero-order valence-corrected chi connectivity index (χ0v) is 13.9. The zero-order valence-electron chi connectivity index (χ0n) is 13.9. The number of nitrogens with zero attached hydrogens (tertiary/aromatic N) is 2. The fraction of sp³-hybridized carbons (Fsp3) is 0.130. The van der Waals surface area contributed by atoms with E-state index in [-0.39, 0.29) is 0 Å². The standard InChI is InChI=1S/C23H18N2/c1-3-8-16(9-4-1)22-20-14-18-12-7-13-19(18)15-21(20)23(25-24-22)17-10-5-2-6-11-17/h1-6,8-11,14-15H,7,12-13H2. The molecule has 0 saturated heterocycles. The van der Waals surface area contributed by atoms with Gasteiger partial charge in [0.15, 0.2) is 0 Å². The highest BCUT2D eigenvalue weighted by atomic mass is 15.1. The van der Waals surface area contributed by atoms with Crippen LogP contribution in [0.4, 0.5) is 0 Å². The van der Waals surface area contributed by atoms with Crippen LogP contribution in [0, 0.1) is 0 Å². The van der Waals surface area contributed by atoms with Gasteiger partial charge >= 0.3 is 0 Å².